The summed E-state index contributed by atoms with van der Waals surface area (Å²) in [4.78, 5) is 8.97. The second-order valence-corrected chi connectivity index (χ2v) is 5.94. The minimum Gasteiger partial charge on any atom is -0.384 e. The Morgan fingerprint density at radius 1 is 1.15 bits per heavy atom. The molecule has 3 heteroatoms. The van der Waals surface area contributed by atoms with Gasteiger partial charge >= 0.3 is 0 Å². The van der Waals surface area contributed by atoms with Crippen molar-refractivity contribution in [3.8, 4) is 11.3 Å². The number of hydrogen-bond donors (Lipinski definition) is 1. The summed E-state index contributed by atoms with van der Waals surface area (Å²) in [6, 6.07) is 10.6. The van der Waals surface area contributed by atoms with Crippen LogP contribution in [0.5, 0.6) is 0 Å². The van der Waals surface area contributed by atoms with E-state index in [1.165, 1.54) is 24.8 Å². The molecule has 0 radical (unpaired) electrons. The Hall–Kier alpha value is -1.90. The Morgan fingerprint density at radius 3 is 2.60 bits per heavy atom. The van der Waals surface area contributed by atoms with Crippen molar-refractivity contribution in [1.29, 1.82) is 0 Å². The van der Waals surface area contributed by atoms with Gasteiger partial charge in [0.1, 0.15) is 11.6 Å². The van der Waals surface area contributed by atoms with Gasteiger partial charge in [0.05, 0.1) is 5.69 Å². The van der Waals surface area contributed by atoms with Crippen molar-refractivity contribution in [1.82, 2.24) is 9.97 Å². The largest absolute Gasteiger partial charge is 0.384 e. The third-order valence-electron chi connectivity index (χ3n) is 4.04. The van der Waals surface area contributed by atoms with Crippen molar-refractivity contribution < 1.29 is 0 Å². The maximum absolute atomic E-state index is 5.92. The first kappa shape index (κ1) is 13.1. The molecule has 3 rings (SSSR count). The van der Waals surface area contributed by atoms with E-state index >= 15 is 0 Å². The van der Waals surface area contributed by atoms with Crippen LogP contribution in [0.2, 0.25) is 0 Å². The molecule has 1 aliphatic rings. The highest BCUT2D eigenvalue weighted by Crippen LogP contribution is 2.37. The van der Waals surface area contributed by atoms with Crippen molar-refractivity contribution >= 4 is 5.82 Å². The molecule has 2 N–H and O–H groups in total. The zero-order valence-electron chi connectivity index (χ0n) is 12.1. The lowest BCUT2D eigenvalue weighted by Gasteiger charge is -2.26. The highest BCUT2D eigenvalue weighted by Gasteiger charge is 2.19. The summed E-state index contributed by atoms with van der Waals surface area (Å²) in [5.74, 6) is 2.38. The van der Waals surface area contributed by atoms with Crippen LogP contribution in [-0.2, 0) is 0 Å². The Balaban J connectivity index is 1.99. The van der Waals surface area contributed by atoms with Gasteiger partial charge in [-0.3, -0.25) is 0 Å². The first-order chi connectivity index (χ1) is 9.63. The van der Waals surface area contributed by atoms with Gasteiger partial charge in [-0.15, -0.1) is 0 Å². The number of rotatable bonds is 3. The highest BCUT2D eigenvalue weighted by molar-refractivity contribution is 5.63. The quantitative estimate of drug-likeness (QED) is 0.910. The maximum Gasteiger partial charge on any atom is 0.133 e. The van der Waals surface area contributed by atoms with Crippen LogP contribution in [0.15, 0.2) is 30.3 Å². The van der Waals surface area contributed by atoms with E-state index < -0.39 is 0 Å². The monoisotopic (exact) mass is 267 g/mol. The Labute approximate surface area is 120 Å². The third-order valence-corrected chi connectivity index (χ3v) is 4.04. The lowest BCUT2D eigenvalue weighted by molar-refractivity contribution is 0.420. The molecular weight excluding hydrogens is 246 g/mol. The summed E-state index contributed by atoms with van der Waals surface area (Å²) < 4.78 is 0. The summed E-state index contributed by atoms with van der Waals surface area (Å²) in [5, 5.41) is 0. The van der Waals surface area contributed by atoms with Gasteiger partial charge in [-0.05, 0) is 30.4 Å². The van der Waals surface area contributed by atoms with E-state index in [0.29, 0.717) is 5.82 Å². The second-order valence-electron chi connectivity index (χ2n) is 5.94. The van der Waals surface area contributed by atoms with Crippen molar-refractivity contribution in [2.24, 2.45) is 0 Å². The lowest BCUT2D eigenvalue weighted by atomic mass is 9.79. The van der Waals surface area contributed by atoms with E-state index in [9.17, 15) is 0 Å². The molecule has 1 saturated carbocycles. The van der Waals surface area contributed by atoms with Gasteiger partial charge in [-0.2, -0.15) is 0 Å². The van der Waals surface area contributed by atoms with Gasteiger partial charge in [-0.25, -0.2) is 9.97 Å². The number of nitrogens with two attached hydrogens (primary N) is 1. The van der Waals surface area contributed by atoms with Crippen LogP contribution in [0.3, 0.4) is 0 Å². The maximum atomic E-state index is 5.92. The van der Waals surface area contributed by atoms with E-state index in [1.54, 1.807) is 0 Å². The number of hydrogen-bond acceptors (Lipinski definition) is 3. The minimum absolute atomic E-state index is 0.284. The molecular formula is C17H21N3. The van der Waals surface area contributed by atoms with Gasteiger partial charge in [0, 0.05) is 17.5 Å². The first-order valence-corrected chi connectivity index (χ1v) is 7.38. The van der Waals surface area contributed by atoms with Gasteiger partial charge < -0.3 is 5.73 Å². The number of anilines is 1. The SMILES string of the molecule is CC(C)c1nc(N)cc(-c2cccc(C3CCC3)c2)n1. The predicted octanol–water partition coefficient (Wildman–Crippen LogP) is 4.12. The van der Waals surface area contributed by atoms with Crippen molar-refractivity contribution in [3.63, 3.8) is 0 Å². The molecule has 1 fully saturated rings. The number of nitrogen functional groups attached to an aromatic ring is 1. The molecule has 0 amide bonds. The molecule has 3 nitrogen and oxygen atoms in total. The third kappa shape index (κ3) is 2.53. The Morgan fingerprint density at radius 2 is 1.95 bits per heavy atom. The fourth-order valence-corrected chi connectivity index (χ4v) is 2.58. The van der Waals surface area contributed by atoms with Crippen LogP contribution in [0.1, 0.15) is 56.3 Å². The molecule has 0 aliphatic heterocycles. The van der Waals surface area contributed by atoms with Crippen LogP contribution in [0.4, 0.5) is 5.82 Å². The standard InChI is InChI=1S/C17H21N3/c1-11(2)17-19-15(10-16(18)20-17)14-8-4-7-13(9-14)12-5-3-6-12/h4,7-12H,3,5-6H2,1-2H3,(H2,18,19,20). The van der Waals surface area contributed by atoms with Gasteiger partial charge in [0.2, 0.25) is 0 Å². The van der Waals surface area contributed by atoms with Crippen LogP contribution in [-0.4, -0.2) is 9.97 Å². The molecule has 0 bridgehead atoms. The molecule has 0 spiro atoms. The number of nitrogens with zero attached hydrogens (tertiary/aromatic N) is 2. The predicted molar refractivity (Wildman–Crippen MR) is 82.6 cm³/mol. The highest BCUT2D eigenvalue weighted by atomic mass is 14.9. The van der Waals surface area contributed by atoms with Crippen LogP contribution < -0.4 is 5.73 Å². The molecule has 104 valence electrons. The zero-order chi connectivity index (χ0) is 14.1. The summed E-state index contributed by atoms with van der Waals surface area (Å²) >= 11 is 0. The normalized spacial score (nSPS) is 15.3. The average Bonchev–Trinajstić information content (AvgIpc) is 2.36. The van der Waals surface area contributed by atoms with E-state index in [2.05, 4.69) is 48.1 Å². The molecule has 1 heterocycles. The summed E-state index contributed by atoms with van der Waals surface area (Å²) in [6.45, 7) is 4.17. The van der Waals surface area contributed by atoms with Gasteiger partial charge in [-0.1, -0.05) is 38.5 Å². The van der Waals surface area contributed by atoms with Crippen LogP contribution >= 0.6 is 0 Å². The average molecular weight is 267 g/mol. The van der Waals surface area contributed by atoms with Gasteiger partial charge in [0.25, 0.3) is 0 Å². The molecule has 0 saturated heterocycles. The Bertz CT molecular complexity index is 615. The van der Waals surface area contributed by atoms with E-state index in [1.807, 2.05) is 6.07 Å². The van der Waals surface area contributed by atoms with Crippen molar-refractivity contribution in [3.05, 3.63) is 41.7 Å². The summed E-state index contributed by atoms with van der Waals surface area (Å²) in [6.07, 6.45) is 3.98. The minimum atomic E-state index is 0.284. The zero-order valence-corrected chi connectivity index (χ0v) is 12.1. The molecule has 2 aromatic rings. The molecule has 0 unspecified atom stereocenters. The molecule has 1 aliphatic carbocycles. The first-order valence-electron chi connectivity index (χ1n) is 7.38. The van der Waals surface area contributed by atoms with Crippen LogP contribution in [0, 0.1) is 0 Å². The second kappa shape index (κ2) is 5.23. The summed E-state index contributed by atoms with van der Waals surface area (Å²) in [5.41, 5.74) is 9.42. The topological polar surface area (TPSA) is 51.8 Å². The fraction of sp³-hybridized carbons (Fsp3) is 0.412. The smallest absolute Gasteiger partial charge is 0.133 e. The molecule has 20 heavy (non-hydrogen) atoms. The molecule has 1 aromatic heterocycles. The van der Waals surface area contributed by atoms with Gasteiger partial charge in [0.15, 0.2) is 0 Å². The fourth-order valence-electron chi connectivity index (χ4n) is 2.58. The van der Waals surface area contributed by atoms with E-state index in [4.69, 9.17) is 5.73 Å². The molecule has 1 aromatic carbocycles. The van der Waals surface area contributed by atoms with E-state index in [-0.39, 0.29) is 5.92 Å². The summed E-state index contributed by atoms with van der Waals surface area (Å²) in [7, 11) is 0. The van der Waals surface area contributed by atoms with Crippen molar-refractivity contribution in [2.75, 3.05) is 5.73 Å². The van der Waals surface area contributed by atoms with E-state index in [0.717, 1.165) is 23.0 Å². The van der Waals surface area contributed by atoms with Crippen molar-refractivity contribution in [2.45, 2.75) is 44.9 Å². The lowest BCUT2D eigenvalue weighted by Crippen LogP contribution is -2.08. The Kier molecular flexibility index (Phi) is 3.43. The number of benzene rings is 1. The number of aromatic nitrogens is 2. The van der Waals surface area contributed by atoms with Crippen LogP contribution in [0.25, 0.3) is 11.3 Å². The molecule has 0 atom stereocenters.